The van der Waals surface area contributed by atoms with Gasteiger partial charge >= 0.3 is 0 Å². The zero-order valence-corrected chi connectivity index (χ0v) is 16.3. The highest BCUT2D eigenvalue weighted by atomic mass is 32.2. The molecule has 1 N–H and O–H groups in total. The van der Waals surface area contributed by atoms with E-state index < -0.39 is 10.1 Å². The van der Waals surface area contributed by atoms with Crippen LogP contribution < -0.4 is 10.4 Å². The topological polar surface area (TPSA) is 106 Å². The first-order valence-corrected chi connectivity index (χ1v) is 10.5. The minimum Gasteiger partial charge on any atom is -0.342 e. The van der Waals surface area contributed by atoms with Crippen molar-refractivity contribution < 1.29 is 12.7 Å². The Balaban J connectivity index is 1.95. The van der Waals surface area contributed by atoms with E-state index in [9.17, 15) is 18.9 Å². The minimum atomic E-state index is -3.69. The average Bonchev–Trinajstić information content (AvgIpc) is 3.06. The molecule has 1 aliphatic rings. The molecular weight excluding hydrogens is 376 g/mol. The number of hydrogen-bond donors (Lipinski definition) is 1. The largest absolute Gasteiger partial charge is 0.342 e. The maximum atomic E-state index is 11.9. The summed E-state index contributed by atoms with van der Waals surface area (Å²) in [5.41, 5.74) is 4.96. The highest BCUT2D eigenvalue weighted by Crippen LogP contribution is 2.41. The molecule has 0 spiro atoms. The molecule has 2 aromatic carbocycles. The number of allylic oxidation sites excluding steroid dienone is 2. The highest BCUT2D eigenvalue weighted by molar-refractivity contribution is 7.86. The standard InChI is InChI=1S/C20H20N4O3S/c1-2-23-27-28(25,26)11-5-10-24-19(17(13-21)14-22)12-16-9-8-15-6-3-4-7-18(15)20(16)24/h3-4,6-9,23H,2,5,10-12H2,1H3. The maximum Gasteiger partial charge on any atom is 0.283 e. The summed E-state index contributed by atoms with van der Waals surface area (Å²) in [6.45, 7) is 2.48. The molecule has 8 heteroatoms. The van der Waals surface area contributed by atoms with Crippen molar-refractivity contribution in [2.24, 2.45) is 0 Å². The van der Waals surface area contributed by atoms with Crippen molar-refractivity contribution in [3.63, 3.8) is 0 Å². The molecule has 1 heterocycles. The fourth-order valence-corrected chi connectivity index (χ4v) is 4.25. The Hall–Kier alpha value is -2.91. The van der Waals surface area contributed by atoms with Crippen LogP contribution in [-0.4, -0.2) is 27.3 Å². The van der Waals surface area contributed by atoms with E-state index in [2.05, 4.69) is 9.76 Å². The zero-order valence-electron chi connectivity index (χ0n) is 15.5. The molecule has 0 bridgehead atoms. The molecule has 0 unspecified atom stereocenters. The van der Waals surface area contributed by atoms with Gasteiger partial charge in [0.05, 0.1) is 17.1 Å². The monoisotopic (exact) mass is 396 g/mol. The summed E-state index contributed by atoms with van der Waals surface area (Å²) in [4.78, 5) is 1.90. The normalized spacial score (nSPS) is 13.2. The second-order valence-corrected chi connectivity index (χ2v) is 8.05. The van der Waals surface area contributed by atoms with Crippen molar-refractivity contribution >= 4 is 26.6 Å². The molecule has 0 saturated heterocycles. The first kappa shape index (κ1) is 19.8. The number of hydroxylamine groups is 1. The van der Waals surface area contributed by atoms with Crippen LogP contribution in [0.1, 0.15) is 18.9 Å². The molecule has 7 nitrogen and oxygen atoms in total. The number of rotatable bonds is 7. The lowest BCUT2D eigenvalue weighted by Gasteiger charge is -2.23. The van der Waals surface area contributed by atoms with Gasteiger partial charge in [-0.2, -0.15) is 28.7 Å². The first-order valence-electron chi connectivity index (χ1n) is 8.96. The van der Waals surface area contributed by atoms with Gasteiger partial charge in [-0.3, -0.25) is 0 Å². The second-order valence-electron chi connectivity index (χ2n) is 6.36. The van der Waals surface area contributed by atoms with Gasteiger partial charge in [0.15, 0.2) is 0 Å². The van der Waals surface area contributed by atoms with E-state index in [4.69, 9.17) is 0 Å². The van der Waals surface area contributed by atoms with Crippen molar-refractivity contribution in [2.75, 3.05) is 23.7 Å². The number of benzene rings is 2. The Morgan fingerprint density at radius 3 is 2.68 bits per heavy atom. The number of nitriles is 2. The number of nitrogens with zero attached hydrogens (tertiary/aromatic N) is 3. The summed E-state index contributed by atoms with van der Waals surface area (Å²) in [5, 5.41) is 20.8. The van der Waals surface area contributed by atoms with Gasteiger partial charge in [0, 0.05) is 24.9 Å². The SMILES string of the molecule is CCNOS(=O)(=O)CCCN1C(=C(C#N)C#N)Cc2ccc3ccccc3c21. The summed E-state index contributed by atoms with van der Waals surface area (Å²) in [6.07, 6.45) is 0.765. The van der Waals surface area contributed by atoms with Crippen LogP contribution >= 0.6 is 0 Å². The second kappa shape index (κ2) is 8.41. The van der Waals surface area contributed by atoms with E-state index >= 15 is 0 Å². The molecule has 2 aromatic rings. The number of fused-ring (bicyclic) bond motifs is 3. The Kier molecular flexibility index (Phi) is 5.96. The molecule has 144 valence electrons. The minimum absolute atomic E-state index is 0.0482. The van der Waals surface area contributed by atoms with Gasteiger partial charge in [-0.1, -0.05) is 43.3 Å². The first-order chi connectivity index (χ1) is 13.5. The molecule has 1 aliphatic heterocycles. The van der Waals surface area contributed by atoms with Crippen molar-refractivity contribution in [1.82, 2.24) is 5.48 Å². The Bertz CT molecular complexity index is 1090. The van der Waals surface area contributed by atoms with Crippen LogP contribution in [0, 0.1) is 22.7 Å². The third-order valence-electron chi connectivity index (χ3n) is 4.56. The Morgan fingerprint density at radius 1 is 1.21 bits per heavy atom. The van der Waals surface area contributed by atoms with E-state index in [1.165, 1.54) is 0 Å². The van der Waals surface area contributed by atoms with Crippen LogP contribution in [0.15, 0.2) is 47.7 Å². The number of nitrogens with one attached hydrogen (secondary N) is 1. The summed E-state index contributed by atoms with van der Waals surface area (Å²) < 4.78 is 28.5. The van der Waals surface area contributed by atoms with E-state index in [0.717, 1.165) is 22.0 Å². The Labute approximate surface area is 164 Å². The van der Waals surface area contributed by atoms with Crippen molar-refractivity contribution in [3.8, 4) is 12.1 Å². The highest BCUT2D eigenvalue weighted by Gasteiger charge is 2.29. The van der Waals surface area contributed by atoms with Crippen molar-refractivity contribution in [1.29, 1.82) is 10.5 Å². The van der Waals surface area contributed by atoms with Crippen LogP contribution in [-0.2, 0) is 20.8 Å². The lowest BCUT2D eigenvalue weighted by molar-refractivity contribution is 0.210. The Morgan fingerprint density at radius 2 is 1.96 bits per heavy atom. The van der Waals surface area contributed by atoms with E-state index in [-0.39, 0.29) is 11.3 Å². The third kappa shape index (κ3) is 4.00. The van der Waals surface area contributed by atoms with Crippen LogP contribution in [0.2, 0.25) is 0 Å². The van der Waals surface area contributed by atoms with Crippen LogP contribution in [0.25, 0.3) is 10.8 Å². The van der Waals surface area contributed by atoms with Gasteiger partial charge in [-0.05, 0) is 17.4 Å². The predicted molar refractivity (Wildman–Crippen MR) is 106 cm³/mol. The molecule has 0 fully saturated rings. The fraction of sp³-hybridized carbons (Fsp3) is 0.300. The van der Waals surface area contributed by atoms with Crippen LogP contribution in [0.3, 0.4) is 0 Å². The van der Waals surface area contributed by atoms with Gasteiger partial charge in [-0.25, -0.2) is 0 Å². The van der Waals surface area contributed by atoms with Gasteiger partial charge < -0.3 is 4.90 Å². The van der Waals surface area contributed by atoms with Crippen molar-refractivity contribution in [3.05, 3.63) is 53.2 Å². The van der Waals surface area contributed by atoms with Gasteiger partial charge in [0.25, 0.3) is 10.1 Å². The van der Waals surface area contributed by atoms with Gasteiger partial charge in [0.1, 0.15) is 17.7 Å². The molecule has 0 aromatic heterocycles. The van der Waals surface area contributed by atoms with Crippen LogP contribution in [0.4, 0.5) is 5.69 Å². The number of anilines is 1. The lowest BCUT2D eigenvalue weighted by atomic mass is 10.0. The summed E-state index contributed by atoms with van der Waals surface area (Å²) in [7, 11) is -3.69. The number of hydrogen-bond acceptors (Lipinski definition) is 7. The molecule has 0 saturated carbocycles. The molecule has 0 aliphatic carbocycles. The fourth-order valence-electron chi connectivity index (χ4n) is 3.39. The molecule has 0 amide bonds. The van der Waals surface area contributed by atoms with Crippen molar-refractivity contribution in [2.45, 2.75) is 19.8 Å². The van der Waals surface area contributed by atoms with E-state index in [1.807, 2.05) is 53.4 Å². The lowest BCUT2D eigenvalue weighted by Crippen LogP contribution is -2.26. The summed E-state index contributed by atoms with van der Waals surface area (Å²) >= 11 is 0. The van der Waals surface area contributed by atoms with E-state index in [0.29, 0.717) is 31.6 Å². The van der Waals surface area contributed by atoms with Crippen LogP contribution in [0.5, 0.6) is 0 Å². The van der Waals surface area contributed by atoms with Gasteiger partial charge in [-0.15, -0.1) is 0 Å². The molecule has 3 rings (SSSR count). The molecule has 28 heavy (non-hydrogen) atoms. The van der Waals surface area contributed by atoms with E-state index in [1.54, 1.807) is 6.92 Å². The van der Waals surface area contributed by atoms with Gasteiger partial charge in [0.2, 0.25) is 0 Å². The summed E-state index contributed by atoms with van der Waals surface area (Å²) in [6, 6.07) is 15.8. The predicted octanol–water partition coefficient (Wildman–Crippen LogP) is 2.76. The molecular formula is C20H20N4O3S. The average molecular weight is 396 g/mol. The zero-order chi connectivity index (χ0) is 20.1. The molecule has 0 atom stereocenters. The third-order valence-corrected chi connectivity index (χ3v) is 5.72. The maximum absolute atomic E-state index is 11.9. The molecule has 0 radical (unpaired) electrons. The smallest absolute Gasteiger partial charge is 0.283 e. The summed E-state index contributed by atoms with van der Waals surface area (Å²) in [5.74, 6) is -0.168. The quantitative estimate of drug-likeness (QED) is 0.566.